The number of thiophene rings is 1. The SMILES string of the molecule is OCC1(Cc2ccc(Cl)s2)CCC1. The van der Waals surface area contributed by atoms with Crippen molar-refractivity contribution < 1.29 is 5.11 Å². The molecule has 3 heteroatoms. The van der Waals surface area contributed by atoms with Crippen molar-refractivity contribution in [2.24, 2.45) is 5.41 Å². The van der Waals surface area contributed by atoms with Gasteiger partial charge in [-0.3, -0.25) is 0 Å². The summed E-state index contributed by atoms with van der Waals surface area (Å²) >= 11 is 7.48. The number of aliphatic hydroxyl groups is 1. The molecular weight excluding hydrogens is 204 g/mol. The number of rotatable bonds is 3. The smallest absolute Gasteiger partial charge is 0.0931 e. The molecule has 0 aliphatic heterocycles. The number of hydrogen-bond acceptors (Lipinski definition) is 2. The Morgan fingerprint density at radius 3 is 2.62 bits per heavy atom. The van der Waals surface area contributed by atoms with Gasteiger partial charge in [0.2, 0.25) is 0 Å². The minimum Gasteiger partial charge on any atom is -0.396 e. The zero-order valence-electron chi connectivity index (χ0n) is 7.42. The van der Waals surface area contributed by atoms with E-state index in [0.29, 0.717) is 6.61 Å². The standard InChI is InChI=1S/C10H13ClOS/c11-9-3-2-8(13-9)6-10(7-12)4-1-5-10/h2-3,12H,1,4-7H2. The molecule has 0 saturated heterocycles. The normalized spacial score (nSPS) is 19.8. The van der Waals surface area contributed by atoms with Crippen molar-refractivity contribution in [3.63, 3.8) is 0 Å². The molecule has 1 nitrogen and oxygen atoms in total. The number of halogens is 1. The van der Waals surface area contributed by atoms with Gasteiger partial charge in [0.15, 0.2) is 0 Å². The molecule has 1 fully saturated rings. The van der Waals surface area contributed by atoms with Crippen molar-refractivity contribution in [1.82, 2.24) is 0 Å². The fourth-order valence-electron chi connectivity index (χ4n) is 1.88. The summed E-state index contributed by atoms with van der Waals surface area (Å²) in [4.78, 5) is 1.30. The second-order valence-electron chi connectivity index (χ2n) is 3.89. The minimum absolute atomic E-state index is 0.189. The molecule has 1 aromatic heterocycles. The lowest BCUT2D eigenvalue weighted by Crippen LogP contribution is -2.35. The molecule has 1 heterocycles. The van der Waals surface area contributed by atoms with Gasteiger partial charge in [-0.25, -0.2) is 0 Å². The molecule has 2 rings (SSSR count). The van der Waals surface area contributed by atoms with Crippen molar-refractivity contribution >= 4 is 22.9 Å². The van der Waals surface area contributed by atoms with E-state index in [1.165, 1.54) is 24.1 Å². The maximum absolute atomic E-state index is 9.28. The Bertz CT molecular complexity index is 285. The van der Waals surface area contributed by atoms with Crippen LogP contribution < -0.4 is 0 Å². The van der Waals surface area contributed by atoms with E-state index in [0.717, 1.165) is 10.8 Å². The Kier molecular flexibility index (Phi) is 2.63. The third-order valence-corrected chi connectivity index (χ3v) is 4.16. The second-order valence-corrected chi connectivity index (χ2v) is 5.69. The monoisotopic (exact) mass is 216 g/mol. The molecule has 1 aliphatic carbocycles. The van der Waals surface area contributed by atoms with Crippen LogP contribution in [0.5, 0.6) is 0 Å². The molecule has 1 N–H and O–H groups in total. The first kappa shape index (κ1) is 9.50. The Labute approximate surface area is 87.4 Å². The van der Waals surface area contributed by atoms with Crippen LogP contribution in [0.1, 0.15) is 24.1 Å². The first-order valence-electron chi connectivity index (χ1n) is 4.59. The summed E-state index contributed by atoms with van der Waals surface area (Å²) in [6.07, 6.45) is 4.60. The Morgan fingerprint density at radius 2 is 2.23 bits per heavy atom. The van der Waals surface area contributed by atoms with Crippen LogP contribution in [0.3, 0.4) is 0 Å². The molecule has 13 heavy (non-hydrogen) atoms. The highest BCUT2D eigenvalue weighted by molar-refractivity contribution is 7.16. The van der Waals surface area contributed by atoms with Gasteiger partial charge in [0.25, 0.3) is 0 Å². The minimum atomic E-state index is 0.189. The van der Waals surface area contributed by atoms with Gasteiger partial charge in [-0.1, -0.05) is 18.0 Å². The first-order chi connectivity index (χ1) is 6.24. The quantitative estimate of drug-likeness (QED) is 0.823. The largest absolute Gasteiger partial charge is 0.396 e. The van der Waals surface area contributed by atoms with Crippen molar-refractivity contribution in [3.05, 3.63) is 21.3 Å². The third-order valence-electron chi connectivity index (χ3n) is 2.93. The molecule has 72 valence electrons. The summed E-state index contributed by atoms with van der Waals surface area (Å²) in [6.45, 7) is 0.322. The molecule has 1 aliphatic rings. The second kappa shape index (κ2) is 3.60. The Hall–Kier alpha value is -0.0500. The van der Waals surface area contributed by atoms with Crippen molar-refractivity contribution in [3.8, 4) is 0 Å². The van der Waals surface area contributed by atoms with Crippen LogP contribution in [-0.2, 0) is 6.42 Å². The molecule has 0 aromatic carbocycles. The van der Waals surface area contributed by atoms with Crippen LogP contribution in [0.4, 0.5) is 0 Å². The summed E-state index contributed by atoms with van der Waals surface area (Å²) in [5.41, 5.74) is 0.189. The van der Waals surface area contributed by atoms with Crippen molar-refractivity contribution in [1.29, 1.82) is 0 Å². The van der Waals surface area contributed by atoms with Crippen molar-refractivity contribution in [2.75, 3.05) is 6.61 Å². The fourth-order valence-corrected chi connectivity index (χ4v) is 3.15. The van der Waals surface area contributed by atoms with E-state index in [1.807, 2.05) is 6.07 Å². The third kappa shape index (κ3) is 1.90. The Balaban J connectivity index is 2.04. The van der Waals surface area contributed by atoms with Crippen LogP contribution >= 0.6 is 22.9 Å². The summed E-state index contributed by atoms with van der Waals surface area (Å²) in [6, 6.07) is 4.01. The summed E-state index contributed by atoms with van der Waals surface area (Å²) in [5.74, 6) is 0. The Morgan fingerprint density at radius 1 is 1.46 bits per heavy atom. The molecule has 0 radical (unpaired) electrons. The van der Waals surface area contributed by atoms with Gasteiger partial charge in [-0.2, -0.15) is 0 Å². The lowest BCUT2D eigenvalue weighted by atomic mass is 9.67. The zero-order chi connectivity index (χ0) is 9.31. The highest BCUT2D eigenvalue weighted by atomic mass is 35.5. The van der Waals surface area contributed by atoms with Crippen LogP contribution in [-0.4, -0.2) is 11.7 Å². The van der Waals surface area contributed by atoms with E-state index < -0.39 is 0 Å². The van der Waals surface area contributed by atoms with Crippen LogP contribution in [0.2, 0.25) is 4.34 Å². The molecule has 0 unspecified atom stereocenters. The van der Waals surface area contributed by atoms with Crippen LogP contribution in [0.25, 0.3) is 0 Å². The topological polar surface area (TPSA) is 20.2 Å². The fraction of sp³-hybridized carbons (Fsp3) is 0.600. The van der Waals surface area contributed by atoms with Gasteiger partial charge in [0.05, 0.1) is 4.34 Å². The molecule has 0 spiro atoms. The van der Waals surface area contributed by atoms with Crippen LogP contribution in [0, 0.1) is 5.41 Å². The zero-order valence-corrected chi connectivity index (χ0v) is 9.00. The molecule has 0 amide bonds. The maximum Gasteiger partial charge on any atom is 0.0931 e. The average molecular weight is 217 g/mol. The average Bonchev–Trinajstić information content (AvgIpc) is 2.44. The van der Waals surface area contributed by atoms with E-state index in [2.05, 4.69) is 6.07 Å². The summed E-state index contributed by atoms with van der Waals surface area (Å²) in [5, 5.41) is 9.28. The van der Waals surface area contributed by atoms with Crippen molar-refractivity contribution in [2.45, 2.75) is 25.7 Å². The maximum atomic E-state index is 9.28. The molecule has 0 atom stereocenters. The number of aliphatic hydroxyl groups excluding tert-OH is 1. The lowest BCUT2D eigenvalue weighted by Gasteiger charge is -2.40. The predicted octanol–water partition coefficient (Wildman–Crippen LogP) is 3.11. The number of hydrogen-bond donors (Lipinski definition) is 1. The van der Waals surface area contributed by atoms with E-state index in [-0.39, 0.29) is 5.41 Å². The van der Waals surface area contributed by atoms with Gasteiger partial charge in [0.1, 0.15) is 0 Å². The lowest BCUT2D eigenvalue weighted by molar-refractivity contribution is 0.0458. The van der Waals surface area contributed by atoms with Gasteiger partial charge in [-0.15, -0.1) is 11.3 Å². The van der Waals surface area contributed by atoms with Gasteiger partial charge in [0, 0.05) is 11.5 Å². The predicted molar refractivity (Wildman–Crippen MR) is 56.4 cm³/mol. The molecule has 0 bridgehead atoms. The van der Waals surface area contributed by atoms with Crippen LogP contribution in [0.15, 0.2) is 12.1 Å². The highest BCUT2D eigenvalue weighted by Gasteiger charge is 2.36. The first-order valence-corrected chi connectivity index (χ1v) is 5.79. The van der Waals surface area contributed by atoms with Gasteiger partial charge < -0.3 is 5.11 Å². The summed E-state index contributed by atoms with van der Waals surface area (Å²) in [7, 11) is 0. The van der Waals surface area contributed by atoms with E-state index >= 15 is 0 Å². The molecular formula is C10H13ClOS. The molecule has 1 saturated carbocycles. The van der Waals surface area contributed by atoms with E-state index in [1.54, 1.807) is 11.3 Å². The van der Waals surface area contributed by atoms with E-state index in [9.17, 15) is 5.11 Å². The van der Waals surface area contributed by atoms with Gasteiger partial charge in [-0.05, 0) is 36.8 Å². The van der Waals surface area contributed by atoms with E-state index in [4.69, 9.17) is 11.6 Å². The van der Waals surface area contributed by atoms with Gasteiger partial charge >= 0.3 is 0 Å². The molecule has 1 aromatic rings. The summed E-state index contributed by atoms with van der Waals surface area (Å²) < 4.78 is 0.849. The highest BCUT2D eigenvalue weighted by Crippen LogP contribution is 2.44.